The molecule has 3 nitrogen and oxygen atoms in total. The van der Waals surface area contributed by atoms with Crippen LogP contribution in [0.15, 0.2) is 21.4 Å². The molecule has 2 aliphatic rings. The number of halogens is 1. The molecule has 4 heteroatoms. The van der Waals surface area contributed by atoms with Gasteiger partial charge >= 0.3 is 0 Å². The van der Waals surface area contributed by atoms with Crippen molar-refractivity contribution in [2.75, 3.05) is 6.61 Å². The lowest BCUT2D eigenvalue weighted by Crippen LogP contribution is -2.42. The van der Waals surface area contributed by atoms with E-state index in [1.807, 2.05) is 6.07 Å². The quantitative estimate of drug-likeness (QED) is 0.884. The minimum Gasteiger partial charge on any atom is -0.457 e. The van der Waals surface area contributed by atoms with Gasteiger partial charge in [0.1, 0.15) is 0 Å². The van der Waals surface area contributed by atoms with E-state index in [-0.39, 0.29) is 11.5 Å². The third-order valence-corrected chi connectivity index (χ3v) is 5.35. The summed E-state index contributed by atoms with van der Waals surface area (Å²) in [7, 11) is 0. The third kappa shape index (κ3) is 2.76. The van der Waals surface area contributed by atoms with Crippen molar-refractivity contribution in [3.8, 4) is 0 Å². The van der Waals surface area contributed by atoms with Crippen LogP contribution < -0.4 is 0 Å². The van der Waals surface area contributed by atoms with Gasteiger partial charge in [-0.05, 0) is 53.6 Å². The Hall–Kier alpha value is -0.320. The number of aliphatic hydroxyl groups is 1. The van der Waals surface area contributed by atoms with Crippen LogP contribution in [0.4, 0.5) is 0 Å². The number of furan rings is 1. The highest BCUT2D eigenvalue weighted by Crippen LogP contribution is 2.45. The minimum atomic E-state index is -0.448. The van der Waals surface area contributed by atoms with Crippen molar-refractivity contribution < 1.29 is 14.3 Å². The number of hydrogen-bond acceptors (Lipinski definition) is 3. The molecule has 0 radical (unpaired) electrons. The standard InChI is InChI=1S/C15H21BrO3/c16-14-12(5-8-18-14)13(17)11-4-9-19-15(10-11)6-2-1-3-7-15/h5,8,11,13,17H,1-4,6-7,9-10H2. The van der Waals surface area contributed by atoms with Crippen LogP contribution in [0, 0.1) is 5.92 Å². The van der Waals surface area contributed by atoms with Gasteiger partial charge in [0, 0.05) is 12.2 Å². The molecule has 1 spiro atoms. The normalized spacial score (nSPS) is 28.4. The first-order valence-corrected chi connectivity index (χ1v) is 8.04. The lowest BCUT2D eigenvalue weighted by atomic mass is 9.74. The van der Waals surface area contributed by atoms with Crippen molar-refractivity contribution in [2.45, 2.75) is 56.7 Å². The molecular weight excluding hydrogens is 308 g/mol. The molecule has 2 fully saturated rings. The molecule has 19 heavy (non-hydrogen) atoms. The molecule has 1 aromatic rings. The number of aliphatic hydroxyl groups excluding tert-OH is 1. The van der Waals surface area contributed by atoms with Crippen LogP contribution in [-0.2, 0) is 4.74 Å². The van der Waals surface area contributed by atoms with Crippen molar-refractivity contribution in [3.05, 3.63) is 22.6 Å². The fourth-order valence-corrected chi connectivity index (χ4v) is 4.12. The Bertz CT molecular complexity index is 417. The highest BCUT2D eigenvalue weighted by molar-refractivity contribution is 9.10. The van der Waals surface area contributed by atoms with E-state index in [2.05, 4.69) is 15.9 Å². The summed E-state index contributed by atoms with van der Waals surface area (Å²) in [5, 5.41) is 10.6. The van der Waals surface area contributed by atoms with E-state index >= 15 is 0 Å². The van der Waals surface area contributed by atoms with Crippen molar-refractivity contribution in [1.82, 2.24) is 0 Å². The van der Waals surface area contributed by atoms with E-state index in [0.29, 0.717) is 4.67 Å². The van der Waals surface area contributed by atoms with E-state index in [1.54, 1.807) is 6.26 Å². The SMILES string of the molecule is OC(c1ccoc1Br)C1CCOC2(CCCCC2)C1. The Morgan fingerprint density at radius 3 is 2.79 bits per heavy atom. The van der Waals surface area contributed by atoms with Crippen molar-refractivity contribution in [3.63, 3.8) is 0 Å². The summed E-state index contributed by atoms with van der Waals surface area (Å²) in [5.74, 6) is 0.278. The van der Waals surface area contributed by atoms with Crippen LogP contribution in [0.5, 0.6) is 0 Å². The van der Waals surface area contributed by atoms with Crippen LogP contribution in [0.25, 0.3) is 0 Å². The fourth-order valence-electron chi connectivity index (χ4n) is 3.65. The second-order valence-corrected chi connectivity index (χ2v) is 6.66. The van der Waals surface area contributed by atoms with E-state index in [4.69, 9.17) is 9.15 Å². The summed E-state index contributed by atoms with van der Waals surface area (Å²) in [4.78, 5) is 0. The summed E-state index contributed by atoms with van der Waals surface area (Å²) in [5.41, 5.74) is 0.913. The zero-order valence-electron chi connectivity index (χ0n) is 11.1. The van der Waals surface area contributed by atoms with Gasteiger partial charge in [-0.1, -0.05) is 19.3 Å². The van der Waals surface area contributed by atoms with Gasteiger partial charge in [-0.15, -0.1) is 0 Å². The third-order valence-electron chi connectivity index (χ3n) is 4.71. The summed E-state index contributed by atoms with van der Waals surface area (Å²) in [6.45, 7) is 0.775. The van der Waals surface area contributed by atoms with Gasteiger partial charge in [-0.3, -0.25) is 0 Å². The maximum atomic E-state index is 10.6. The highest BCUT2D eigenvalue weighted by atomic mass is 79.9. The molecule has 0 amide bonds. The maximum Gasteiger partial charge on any atom is 0.174 e. The first kappa shape index (κ1) is 13.7. The van der Waals surface area contributed by atoms with E-state index < -0.39 is 6.10 Å². The summed E-state index contributed by atoms with van der Waals surface area (Å²) in [6.07, 6.45) is 9.24. The molecule has 0 bridgehead atoms. The second-order valence-electron chi connectivity index (χ2n) is 5.94. The number of rotatable bonds is 2. The fraction of sp³-hybridized carbons (Fsp3) is 0.733. The minimum absolute atomic E-state index is 0.0400. The van der Waals surface area contributed by atoms with Crippen LogP contribution in [0.2, 0.25) is 0 Å². The monoisotopic (exact) mass is 328 g/mol. The molecule has 106 valence electrons. The maximum absolute atomic E-state index is 10.6. The van der Waals surface area contributed by atoms with Crippen molar-refractivity contribution >= 4 is 15.9 Å². The predicted octanol–water partition coefficient (Wildman–Crippen LogP) is 4.21. The lowest BCUT2D eigenvalue weighted by molar-refractivity contribution is -0.134. The molecule has 1 N–H and O–H groups in total. The van der Waals surface area contributed by atoms with Crippen LogP contribution >= 0.6 is 15.9 Å². The molecule has 2 unspecified atom stereocenters. The Kier molecular flexibility index (Phi) is 4.01. The molecular formula is C15H21BrO3. The summed E-state index contributed by atoms with van der Waals surface area (Å²) in [6, 6.07) is 1.86. The van der Waals surface area contributed by atoms with Gasteiger partial charge in [0.2, 0.25) is 0 Å². The summed E-state index contributed by atoms with van der Waals surface area (Å²) >= 11 is 3.36. The zero-order chi connectivity index (χ0) is 13.3. The van der Waals surface area contributed by atoms with Crippen LogP contribution in [-0.4, -0.2) is 17.3 Å². The Balaban J connectivity index is 1.72. The molecule has 1 aliphatic carbocycles. The van der Waals surface area contributed by atoms with Gasteiger partial charge < -0.3 is 14.3 Å². The number of hydrogen-bond donors (Lipinski definition) is 1. The topological polar surface area (TPSA) is 42.6 Å². The first-order chi connectivity index (χ1) is 9.20. The van der Waals surface area contributed by atoms with Crippen molar-refractivity contribution in [2.24, 2.45) is 5.92 Å². The highest BCUT2D eigenvalue weighted by Gasteiger charge is 2.41. The predicted molar refractivity (Wildman–Crippen MR) is 75.9 cm³/mol. The molecule has 1 saturated heterocycles. The molecule has 3 rings (SSSR count). The summed E-state index contributed by atoms with van der Waals surface area (Å²) < 4.78 is 12.0. The molecule has 1 aromatic heterocycles. The Morgan fingerprint density at radius 2 is 2.11 bits per heavy atom. The largest absolute Gasteiger partial charge is 0.457 e. The van der Waals surface area contributed by atoms with E-state index in [1.165, 1.54) is 19.3 Å². The van der Waals surface area contributed by atoms with Gasteiger partial charge in [-0.25, -0.2) is 0 Å². The first-order valence-electron chi connectivity index (χ1n) is 7.25. The molecule has 2 atom stereocenters. The van der Waals surface area contributed by atoms with Gasteiger partial charge in [0.15, 0.2) is 4.67 Å². The zero-order valence-corrected chi connectivity index (χ0v) is 12.7. The van der Waals surface area contributed by atoms with Gasteiger partial charge in [-0.2, -0.15) is 0 Å². The van der Waals surface area contributed by atoms with E-state index in [9.17, 15) is 5.11 Å². The Morgan fingerprint density at radius 1 is 1.32 bits per heavy atom. The average Bonchev–Trinajstić information content (AvgIpc) is 2.85. The molecule has 1 saturated carbocycles. The average molecular weight is 329 g/mol. The van der Waals surface area contributed by atoms with Gasteiger partial charge in [0.05, 0.1) is 18.0 Å². The van der Waals surface area contributed by atoms with Crippen molar-refractivity contribution in [1.29, 1.82) is 0 Å². The van der Waals surface area contributed by atoms with Crippen LogP contribution in [0.1, 0.15) is 56.6 Å². The molecule has 0 aromatic carbocycles. The molecule has 1 aliphatic heterocycles. The number of ether oxygens (including phenoxy) is 1. The van der Waals surface area contributed by atoms with E-state index in [0.717, 1.165) is 37.9 Å². The molecule has 2 heterocycles. The van der Waals surface area contributed by atoms with Gasteiger partial charge in [0.25, 0.3) is 0 Å². The smallest absolute Gasteiger partial charge is 0.174 e. The Labute approximate surface area is 122 Å². The second kappa shape index (κ2) is 5.58. The van der Waals surface area contributed by atoms with Crippen LogP contribution in [0.3, 0.4) is 0 Å². The lowest BCUT2D eigenvalue weighted by Gasteiger charge is -2.44.